The SMILES string of the molecule is CCOC(=O)COc1c(/C=C/c2[nH]c(=S)[nH]c(=O)c2C#N)cccc1OC. The van der Waals surface area contributed by atoms with Gasteiger partial charge in [0.05, 0.1) is 19.4 Å². The Hall–Kier alpha value is -3.38. The molecule has 1 aromatic carbocycles. The highest BCUT2D eigenvalue weighted by Gasteiger charge is 2.12. The van der Waals surface area contributed by atoms with E-state index in [-0.39, 0.29) is 29.2 Å². The van der Waals surface area contributed by atoms with E-state index in [9.17, 15) is 9.59 Å². The maximum Gasteiger partial charge on any atom is 0.344 e. The predicted octanol–water partition coefficient (Wildman–Crippen LogP) is 2.43. The molecule has 0 saturated heterocycles. The summed E-state index contributed by atoms with van der Waals surface area (Å²) in [6, 6.07) is 6.98. The van der Waals surface area contributed by atoms with Crippen LogP contribution in [0.15, 0.2) is 23.0 Å². The summed E-state index contributed by atoms with van der Waals surface area (Å²) in [6.45, 7) is 1.67. The minimum absolute atomic E-state index is 0.100. The third-order valence-electron chi connectivity index (χ3n) is 3.38. The van der Waals surface area contributed by atoms with Crippen molar-refractivity contribution in [3.8, 4) is 17.6 Å². The van der Waals surface area contributed by atoms with E-state index in [0.29, 0.717) is 17.1 Å². The van der Waals surface area contributed by atoms with E-state index >= 15 is 0 Å². The number of aromatic amines is 2. The minimum atomic E-state index is -0.578. The first-order chi connectivity index (χ1) is 13.0. The number of H-pyrrole nitrogens is 2. The Morgan fingerprint density at radius 2 is 2.11 bits per heavy atom. The first kappa shape index (κ1) is 19.9. The second-order valence-corrected chi connectivity index (χ2v) is 5.52. The van der Waals surface area contributed by atoms with Crippen molar-refractivity contribution in [1.82, 2.24) is 9.97 Å². The lowest BCUT2D eigenvalue weighted by Gasteiger charge is -2.13. The monoisotopic (exact) mass is 387 g/mol. The van der Waals surface area contributed by atoms with Crippen LogP contribution in [0.4, 0.5) is 0 Å². The van der Waals surface area contributed by atoms with Gasteiger partial charge in [-0.05, 0) is 37.4 Å². The van der Waals surface area contributed by atoms with Crippen LogP contribution in [-0.4, -0.2) is 36.3 Å². The van der Waals surface area contributed by atoms with Crippen molar-refractivity contribution in [2.45, 2.75) is 6.92 Å². The molecule has 1 heterocycles. The highest BCUT2D eigenvalue weighted by atomic mass is 32.1. The molecule has 140 valence electrons. The van der Waals surface area contributed by atoms with Crippen LogP contribution in [0.3, 0.4) is 0 Å². The topological polar surface area (TPSA) is 117 Å². The molecule has 0 saturated carbocycles. The number of hydrogen-bond donors (Lipinski definition) is 2. The smallest absolute Gasteiger partial charge is 0.344 e. The molecule has 0 atom stereocenters. The summed E-state index contributed by atoms with van der Waals surface area (Å²) in [5.41, 5.74) is 0.148. The molecular formula is C18H17N3O5S. The fraction of sp³-hybridized carbons (Fsp3) is 0.222. The molecule has 2 rings (SSSR count). The zero-order chi connectivity index (χ0) is 19.8. The summed E-state index contributed by atoms with van der Waals surface area (Å²) in [7, 11) is 1.47. The summed E-state index contributed by atoms with van der Waals surface area (Å²) in [4.78, 5) is 28.5. The van der Waals surface area contributed by atoms with Gasteiger partial charge in [-0.25, -0.2) is 4.79 Å². The lowest BCUT2D eigenvalue weighted by Crippen LogP contribution is -2.15. The van der Waals surface area contributed by atoms with E-state index in [4.69, 9.17) is 31.7 Å². The Kier molecular flexibility index (Phi) is 6.91. The van der Waals surface area contributed by atoms with E-state index in [1.807, 2.05) is 6.07 Å². The molecule has 0 aliphatic rings. The second kappa shape index (κ2) is 9.35. The highest BCUT2D eigenvalue weighted by Crippen LogP contribution is 2.32. The van der Waals surface area contributed by atoms with Gasteiger partial charge in [-0.15, -0.1) is 0 Å². The maximum atomic E-state index is 11.8. The van der Waals surface area contributed by atoms with Crippen molar-refractivity contribution in [3.05, 3.63) is 50.1 Å². The van der Waals surface area contributed by atoms with Crippen molar-refractivity contribution in [3.63, 3.8) is 0 Å². The molecule has 1 aromatic heterocycles. The van der Waals surface area contributed by atoms with Crippen molar-refractivity contribution in [2.24, 2.45) is 0 Å². The first-order valence-electron chi connectivity index (χ1n) is 7.90. The molecule has 0 spiro atoms. The highest BCUT2D eigenvalue weighted by molar-refractivity contribution is 7.71. The van der Waals surface area contributed by atoms with Gasteiger partial charge in [-0.1, -0.05) is 12.1 Å². The lowest BCUT2D eigenvalue weighted by atomic mass is 10.1. The zero-order valence-electron chi connectivity index (χ0n) is 14.7. The normalized spacial score (nSPS) is 10.4. The number of rotatable bonds is 7. The standard InChI is InChI=1S/C18H17N3O5S/c1-3-25-15(22)10-26-16-11(5-4-6-14(16)24-2)7-8-13-12(9-19)17(23)21-18(27)20-13/h4-8H,3,10H2,1-2H3,(H2,20,21,23,27)/b8-7+. The van der Waals surface area contributed by atoms with E-state index < -0.39 is 11.5 Å². The van der Waals surface area contributed by atoms with Crippen LogP contribution in [0.25, 0.3) is 12.2 Å². The summed E-state index contributed by atoms with van der Waals surface area (Å²) in [5.74, 6) is 0.232. The molecular weight excluding hydrogens is 370 g/mol. The third kappa shape index (κ3) is 5.05. The Bertz CT molecular complexity index is 1020. The Morgan fingerprint density at radius 3 is 2.78 bits per heavy atom. The van der Waals surface area contributed by atoms with Gasteiger partial charge < -0.3 is 19.2 Å². The van der Waals surface area contributed by atoms with Gasteiger partial charge in [0.15, 0.2) is 22.9 Å². The summed E-state index contributed by atoms with van der Waals surface area (Å²) in [6.07, 6.45) is 3.14. The van der Waals surface area contributed by atoms with Gasteiger partial charge >= 0.3 is 5.97 Å². The molecule has 0 aliphatic carbocycles. The number of carbonyl (C=O) groups excluding carboxylic acids is 1. The Labute approximate surface area is 160 Å². The van der Waals surface area contributed by atoms with Gasteiger partial charge in [0.1, 0.15) is 11.6 Å². The quantitative estimate of drug-likeness (QED) is 0.553. The van der Waals surface area contributed by atoms with Gasteiger partial charge in [0.2, 0.25) is 0 Å². The lowest BCUT2D eigenvalue weighted by molar-refractivity contribution is -0.145. The van der Waals surface area contributed by atoms with Crippen LogP contribution < -0.4 is 15.0 Å². The number of nitriles is 1. The number of methoxy groups -OCH3 is 1. The fourth-order valence-electron chi connectivity index (χ4n) is 2.23. The summed E-state index contributed by atoms with van der Waals surface area (Å²) >= 11 is 4.94. The molecule has 0 fully saturated rings. The number of hydrogen-bond acceptors (Lipinski definition) is 7. The third-order valence-corrected chi connectivity index (χ3v) is 3.59. The first-order valence-corrected chi connectivity index (χ1v) is 8.31. The van der Waals surface area contributed by atoms with E-state index in [0.717, 1.165) is 0 Å². The molecule has 27 heavy (non-hydrogen) atoms. The molecule has 0 unspecified atom stereocenters. The molecule has 0 aliphatic heterocycles. The number of para-hydroxylation sites is 1. The van der Waals surface area contributed by atoms with Crippen LogP contribution in [0.2, 0.25) is 0 Å². The molecule has 0 radical (unpaired) electrons. The second-order valence-electron chi connectivity index (χ2n) is 5.11. The number of aromatic nitrogens is 2. The van der Waals surface area contributed by atoms with Gasteiger partial charge in [0.25, 0.3) is 5.56 Å². The van der Waals surface area contributed by atoms with Gasteiger partial charge in [-0.3, -0.25) is 9.78 Å². The van der Waals surface area contributed by atoms with Crippen LogP contribution in [-0.2, 0) is 9.53 Å². The molecule has 2 aromatic rings. The molecule has 8 nitrogen and oxygen atoms in total. The molecule has 9 heteroatoms. The average Bonchev–Trinajstić information content (AvgIpc) is 2.64. The molecule has 2 N–H and O–H groups in total. The summed E-state index contributed by atoms with van der Waals surface area (Å²) in [5, 5.41) is 9.17. The molecule has 0 bridgehead atoms. The van der Waals surface area contributed by atoms with Crippen molar-refractivity contribution < 1.29 is 19.0 Å². The largest absolute Gasteiger partial charge is 0.493 e. The summed E-state index contributed by atoms with van der Waals surface area (Å²) < 4.78 is 15.8. The fourth-order valence-corrected chi connectivity index (χ4v) is 2.43. The number of nitrogens with zero attached hydrogens (tertiary/aromatic N) is 1. The van der Waals surface area contributed by atoms with E-state index in [1.54, 1.807) is 31.2 Å². The van der Waals surface area contributed by atoms with Crippen LogP contribution >= 0.6 is 12.2 Å². The number of carbonyl (C=O) groups is 1. The number of nitrogens with one attached hydrogen (secondary N) is 2. The van der Waals surface area contributed by atoms with Crippen molar-refractivity contribution >= 4 is 30.3 Å². The van der Waals surface area contributed by atoms with Crippen LogP contribution in [0.1, 0.15) is 23.7 Å². The van der Waals surface area contributed by atoms with Crippen LogP contribution in [0, 0.1) is 16.1 Å². The predicted molar refractivity (Wildman–Crippen MR) is 101 cm³/mol. The van der Waals surface area contributed by atoms with Crippen LogP contribution in [0.5, 0.6) is 11.5 Å². The van der Waals surface area contributed by atoms with Crippen molar-refractivity contribution in [2.75, 3.05) is 20.3 Å². The Balaban J connectivity index is 2.41. The van der Waals surface area contributed by atoms with E-state index in [2.05, 4.69) is 9.97 Å². The average molecular weight is 387 g/mol. The Morgan fingerprint density at radius 1 is 1.33 bits per heavy atom. The van der Waals surface area contributed by atoms with Gasteiger partial charge in [0, 0.05) is 5.56 Å². The maximum absolute atomic E-state index is 11.8. The number of ether oxygens (including phenoxy) is 3. The minimum Gasteiger partial charge on any atom is -0.493 e. The number of esters is 1. The molecule has 0 amide bonds. The van der Waals surface area contributed by atoms with E-state index in [1.165, 1.54) is 13.2 Å². The zero-order valence-corrected chi connectivity index (χ0v) is 15.5. The number of benzene rings is 1. The van der Waals surface area contributed by atoms with Gasteiger partial charge in [-0.2, -0.15) is 5.26 Å². The van der Waals surface area contributed by atoms with Crippen molar-refractivity contribution in [1.29, 1.82) is 5.26 Å².